The van der Waals surface area contributed by atoms with Gasteiger partial charge in [-0.25, -0.2) is 4.39 Å². The lowest BCUT2D eigenvalue weighted by Gasteiger charge is -2.46. The minimum atomic E-state index is -0.429. The predicted molar refractivity (Wildman–Crippen MR) is 78.9 cm³/mol. The molecule has 0 saturated carbocycles. The number of nitrogens with zero attached hydrogens (tertiary/aromatic N) is 2. The first-order valence-electron chi connectivity index (χ1n) is 7.59. The summed E-state index contributed by atoms with van der Waals surface area (Å²) in [5.41, 5.74) is 0.990. The van der Waals surface area contributed by atoms with E-state index in [0.717, 1.165) is 12.8 Å². The molecule has 2 saturated heterocycles. The highest BCUT2D eigenvalue weighted by molar-refractivity contribution is 5.99. The monoisotopic (exact) mass is 302 g/mol. The molecule has 2 heterocycles. The summed E-state index contributed by atoms with van der Waals surface area (Å²) >= 11 is 0. The highest BCUT2D eigenvalue weighted by Crippen LogP contribution is 2.33. The first-order chi connectivity index (χ1) is 10.6. The predicted octanol–water partition coefficient (Wildman–Crippen LogP) is 2.18. The Balaban J connectivity index is 1.85. The van der Waals surface area contributed by atoms with Gasteiger partial charge in [0.15, 0.2) is 5.78 Å². The second-order valence-electron chi connectivity index (χ2n) is 6.18. The SMILES string of the molecule is CN1C2COCC1CC(C(=O)c1cc(F)ccc1CC#N)C2. The summed E-state index contributed by atoms with van der Waals surface area (Å²) in [6.45, 7) is 1.29. The third-order valence-corrected chi connectivity index (χ3v) is 4.86. The molecule has 1 aromatic carbocycles. The van der Waals surface area contributed by atoms with Gasteiger partial charge in [-0.05, 0) is 37.6 Å². The fourth-order valence-electron chi connectivity index (χ4n) is 3.55. The van der Waals surface area contributed by atoms with Crippen LogP contribution in [0.3, 0.4) is 0 Å². The number of ketones is 1. The van der Waals surface area contributed by atoms with E-state index in [2.05, 4.69) is 11.9 Å². The Kier molecular flexibility index (Phi) is 4.23. The number of benzene rings is 1. The zero-order valence-corrected chi connectivity index (χ0v) is 12.6. The highest BCUT2D eigenvalue weighted by Gasteiger charge is 2.39. The molecule has 116 valence electrons. The van der Waals surface area contributed by atoms with Crippen LogP contribution >= 0.6 is 0 Å². The largest absolute Gasteiger partial charge is 0.378 e. The molecule has 22 heavy (non-hydrogen) atoms. The maximum absolute atomic E-state index is 13.5. The summed E-state index contributed by atoms with van der Waals surface area (Å²) in [6.07, 6.45) is 1.59. The number of piperidine rings is 1. The molecule has 5 heteroatoms. The normalized spacial score (nSPS) is 28.1. The van der Waals surface area contributed by atoms with Gasteiger partial charge in [-0.15, -0.1) is 0 Å². The molecule has 2 aliphatic rings. The molecule has 0 amide bonds. The van der Waals surface area contributed by atoms with Gasteiger partial charge < -0.3 is 4.74 Å². The second-order valence-corrected chi connectivity index (χ2v) is 6.18. The lowest BCUT2D eigenvalue weighted by atomic mass is 9.80. The van der Waals surface area contributed by atoms with Crippen LogP contribution in [-0.2, 0) is 11.2 Å². The Morgan fingerprint density at radius 3 is 2.73 bits per heavy atom. The van der Waals surface area contributed by atoms with Crippen molar-refractivity contribution in [2.45, 2.75) is 31.3 Å². The molecule has 1 aromatic rings. The zero-order valence-electron chi connectivity index (χ0n) is 12.6. The minimum Gasteiger partial charge on any atom is -0.378 e. The third kappa shape index (κ3) is 2.77. The number of ether oxygens (including phenoxy) is 1. The Bertz CT molecular complexity index is 612. The van der Waals surface area contributed by atoms with E-state index >= 15 is 0 Å². The lowest BCUT2D eigenvalue weighted by Crippen LogP contribution is -2.55. The van der Waals surface area contributed by atoms with Gasteiger partial charge in [0.2, 0.25) is 0 Å². The third-order valence-electron chi connectivity index (χ3n) is 4.86. The van der Waals surface area contributed by atoms with E-state index in [1.54, 1.807) is 6.07 Å². The Labute approximate surface area is 129 Å². The highest BCUT2D eigenvalue weighted by atomic mass is 19.1. The molecule has 0 spiro atoms. The van der Waals surface area contributed by atoms with Crippen LogP contribution in [0, 0.1) is 23.1 Å². The molecule has 0 aliphatic carbocycles. The van der Waals surface area contributed by atoms with Crippen LogP contribution in [0.2, 0.25) is 0 Å². The maximum atomic E-state index is 13.5. The average molecular weight is 302 g/mol. The van der Waals surface area contributed by atoms with Gasteiger partial charge in [-0.3, -0.25) is 9.69 Å². The molecule has 3 rings (SSSR count). The number of rotatable bonds is 3. The molecule has 2 aliphatic heterocycles. The van der Waals surface area contributed by atoms with Crippen molar-refractivity contribution in [3.8, 4) is 6.07 Å². The van der Waals surface area contributed by atoms with Gasteiger partial charge in [0.1, 0.15) is 5.82 Å². The van der Waals surface area contributed by atoms with E-state index in [4.69, 9.17) is 10.00 Å². The minimum absolute atomic E-state index is 0.0326. The Morgan fingerprint density at radius 1 is 1.41 bits per heavy atom. The average Bonchev–Trinajstić information content (AvgIpc) is 2.48. The number of carbonyl (C=O) groups excluding carboxylic acids is 1. The zero-order chi connectivity index (χ0) is 15.7. The number of morpholine rings is 1. The summed E-state index contributed by atoms with van der Waals surface area (Å²) in [5.74, 6) is -0.578. The molecular formula is C17H19FN2O2. The molecule has 0 N–H and O–H groups in total. The number of carbonyl (C=O) groups is 1. The topological polar surface area (TPSA) is 53.3 Å². The number of hydrogen-bond acceptors (Lipinski definition) is 4. The Morgan fingerprint density at radius 2 is 2.09 bits per heavy atom. The fraction of sp³-hybridized carbons (Fsp3) is 0.529. The van der Waals surface area contributed by atoms with Crippen molar-refractivity contribution < 1.29 is 13.9 Å². The van der Waals surface area contributed by atoms with Crippen molar-refractivity contribution in [3.05, 3.63) is 35.1 Å². The molecule has 0 aromatic heterocycles. The van der Waals surface area contributed by atoms with Crippen molar-refractivity contribution in [3.63, 3.8) is 0 Å². The second kappa shape index (κ2) is 6.15. The van der Waals surface area contributed by atoms with Crippen molar-refractivity contribution in [2.24, 2.45) is 5.92 Å². The van der Waals surface area contributed by atoms with Crippen LogP contribution in [0.25, 0.3) is 0 Å². The lowest BCUT2D eigenvalue weighted by molar-refractivity contribution is -0.0702. The van der Waals surface area contributed by atoms with Crippen LogP contribution in [0.1, 0.15) is 28.8 Å². The van der Waals surface area contributed by atoms with Crippen molar-refractivity contribution in [1.82, 2.24) is 4.90 Å². The van der Waals surface area contributed by atoms with Gasteiger partial charge in [-0.1, -0.05) is 6.07 Å². The summed E-state index contributed by atoms with van der Waals surface area (Å²) in [7, 11) is 2.07. The quantitative estimate of drug-likeness (QED) is 0.803. The summed E-state index contributed by atoms with van der Waals surface area (Å²) in [6, 6.07) is 6.67. The van der Waals surface area contributed by atoms with Crippen LogP contribution < -0.4 is 0 Å². The van der Waals surface area contributed by atoms with Crippen molar-refractivity contribution in [2.75, 3.05) is 20.3 Å². The molecular weight excluding hydrogens is 283 g/mol. The van der Waals surface area contributed by atoms with E-state index < -0.39 is 5.82 Å². The standard InChI is InChI=1S/C17H19FN2O2/c1-20-14-6-12(7-15(20)10-22-9-14)17(21)16-8-13(18)3-2-11(16)4-5-19/h2-3,8,12,14-15H,4,6-7,9-10H2,1H3. The number of likely N-dealkylation sites (N-methyl/N-ethyl adjacent to an activating group) is 1. The van der Waals surface area contributed by atoms with Crippen LogP contribution in [0.4, 0.5) is 4.39 Å². The van der Waals surface area contributed by atoms with E-state index in [1.165, 1.54) is 12.1 Å². The summed E-state index contributed by atoms with van der Waals surface area (Å²) in [4.78, 5) is 15.1. The van der Waals surface area contributed by atoms with Crippen molar-refractivity contribution in [1.29, 1.82) is 5.26 Å². The van der Waals surface area contributed by atoms with Crippen LogP contribution in [-0.4, -0.2) is 43.0 Å². The number of nitriles is 1. The maximum Gasteiger partial charge on any atom is 0.166 e. The first kappa shape index (κ1) is 15.1. The number of halogens is 1. The molecule has 2 fully saturated rings. The smallest absolute Gasteiger partial charge is 0.166 e. The molecule has 0 radical (unpaired) electrons. The van der Waals surface area contributed by atoms with Crippen molar-refractivity contribution >= 4 is 5.78 Å². The number of fused-ring (bicyclic) bond motifs is 2. The van der Waals surface area contributed by atoms with Crippen LogP contribution in [0.5, 0.6) is 0 Å². The molecule has 2 atom stereocenters. The van der Waals surface area contributed by atoms with Crippen LogP contribution in [0.15, 0.2) is 18.2 Å². The fourth-order valence-corrected chi connectivity index (χ4v) is 3.55. The van der Waals surface area contributed by atoms with Gasteiger partial charge >= 0.3 is 0 Å². The van der Waals surface area contributed by atoms with Gasteiger partial charge in [-0.2, -0.15) is 5.26 Å². The van der Waals surface area contributed by atoms with E-state index in [1.807, 2.05) is 6.07 Å². The number of Topliss-reactive ketones (excluding diaryl/α,β-unsaturated/α-hetero) is 1. The van der Waals surface area contributed by atoms with E-state index in [0.29, 0.717) is 24.3 Å². The van der Waals surface area contributed by atoms with Gasteiger partial charge in [0.05, 0.1) is 25.7 Å². The number of hydrogen-bond donors (Lipinski definition) is 0. The Hall–Kier alpha value is -1.77. The van der Waals surface area contributed by atoms with E-state index in [9.17, 15) is 9.18 Å². The first-order valence-corrected chi connectivity index (χ1v) is 7.59. The molecule has 4 nitrogen and oxygen atoms in total. The molecule has 2 unspecified atom stereocenters. The molecule has 2 bridgehead atoms. The van der Waals surface area contributed by atoms with Gasteiger partial charge in [0.25, 0.3) is 0 Å². The summed E-state index contributed by atoms with van der Waals surface area (Å²) in [5, 5.41) is 8.89. The van der Waals surface area contributed by atoms with Gasteiger partial charge in [0, 0.05) is 23.6 Å². The summed E-state index contributed by atoms with van der Waals surface area (Å²) < 4.78 is 19.1. The van der Waals surface area contributed by atoms with E-state index in [-0.39, 0.29) is 30.2 Å².